The van der Waals surface area contributed by atoms with Crippen LogP contribution in [0.3, 0.4) is 0 Å². The van der Waals surface area contributed by atoms with Gasteiger partial charge in [0.05, 0.1) is 7.11 Å². The molecule has 2 aromatic rings. The van der Waals surface area contributed by atoms with E-state index in [1.807, 2.05) is 32.0 Å². The second-order valence-corrected chi connectivity index (χ2v) is 7.36. The van der Waals surface area contributed by atoms with Crippen LogP contribution in [0.25, 0.3) is 0 Å². The lowest BCUT2D eigenvalue weighted by Gasteiger charge is -2.29. The molecule has 0 aliphatic rings. The van der Waals surface area contributed by atoms with Crippen LogP contribution in [0, 0.1) is 0 Å². The molecule has 0 aliphatic heterocycles. The first-order chi connectivity index (χ1) is 13.8. The lowest BCUT2D eigenvalue weighted by atomic mass is 10.1. The van der Waals surface area contributed by atoms with Crippen molar-refractivity contribution >= 4 is 23.4 Å². The van der Waals surface area contributed by atoms with Gasteiger partial charge in [0.25, 0.3) is 5.91 Å². The Balaban J connectivity index is 2.16. The molecular formula is C22H27ClN2O4. The van der Waals surface area contributed by atoms with Crippen LogP contribution in [0.2, 0.25) is 5.02 Å². The van der Waals surface area contributed by atoms with Gasteiger partial charge in [0.2, 0.25) is 5.91 Å². The first kappa shape index (κ1) is 22.6. The van der Waals surface area contributed by atoms with Gasteiger partial charge in [0.1, 0.15) is 6.04 Å². The van der Waals surface area contributed by atoms with E-state index >= 15 is 0 Å². The Labute approximate surface area is 176 Å². The molecule has 6 nitrogen and oxygen atoms in total. The van der Waals surface area contributed by atoms with Crippen molar-refractivity contribution in [2.75, 3.05) is 13.7 Å². The van der Waals surface area contributed by atoms with Crippen LogP contribution in [0.15, 0.2) is 48.5 Å². The number of hydrogen-bond donors (Lipinski definition) is 1. The number of rotatable bonds is 9. The predicted octanol–water partition coefficient (Wildman–Crippen LogP) is 3.67. The molecule has 0 saturated carbocycles. The van der Waals surface area contributed by atoms with E-state index in [2.05, 4.69) is 5.32 Å². The maximum atomic E-state index is 13.0. The number of hydrogen-bond acceptors (Lipinski definition) is 4. The second kappa shape index (κ2) is 10.7. The summed E-state index contributed by atoms with van der Waals surface area (Å²) >= 11 is 5.95. The number of nitrogens with zero attached hydrogens (tertiary/aromatic N) is 1. The maximum Gasteiger partial charge on any atom is 0.261 e. The minimum Gasteiger partial charge on any atom is -0.493 e. The summed E-state index contributed by atoms with van der Waals surface area (Å²) in [6.45, 7) is 5.50. The van der Waals surface area contributed by atoms with E-state index in [4.69, 9.17) is 21.1 Å². The van der Waals surface area contributed by atoms with E-state index in [-0.39, 0.29) is 31.0 Å². The van der Waals surface area contributed by atoms with E-state index in [9.17, 15) is 9.59 Å². The molecule has 0 fully saturated rings. The lowest BCUT2D eigenvalue weighted by Crippen LogP contribution is -2.50. The van der Waals surface area contributed by atoms with Gasteiger partial charge in [-0.3, -0.25) is 9.59 Å². The van der Waals surface area contributed by atoms with Gasteiger partial charge in [-0.05, 0) is 50.6 Å². The van der Waals surface area contributed by atoms with Crippen molar-refractivity contribution in [2.24, 2.45) is 0 Å². The zero-order chi connectivity index (χ0) is 21.4. The fourth-order valence-electron chi connectivity index (χ4n) is 2.73. The molecule has 2 amide bonds. The van der Waals surface area contributed by atoms with E-state index in [0.29, 0.717) is 16.5 Å². The Morgan fingerprint density at radius 1 is 1.03 bits per heavy atom. The summed E-state index contributed by atoms with van der Waals surface area (Å²) in [5.41, 5.74) is 0.865. The molecule has 1 atom stereocenters. The van der Waals surface area contributed by atoms with Gasteiger partial charge in [0, 0.05) is 17.6 Å². The molecular weight excluding hydrogens is 392 g/mol. The summed E-state index contributed by atoms with van der Waals surface area (Å²) in [4.78, 5) is 27.0. The molecule has 29 heavy (non-hydrogen) atoms. The number of methoxy groups -OCH3 is 1. The summed E-state index contributed by atoms with van der Waals surface area (Å²) in [6, 6.07) is 13.6. The van der Waals surface area contributed by atoms with Gasteiger partial charge in [-0.2, -0.15) is 0 Å². The third-order valence-corrected chi connectivity index (χ3v) is 4.54. The third-order valence-electron chi connectivity index (χ3n) is 4.28. The van der Waals surface area contributed by atoms with Crippen LogP contribution in [0.5, 0.6) is 11.5 Å². The molecule has 0 aliphatic carbocycles. The average molecular weight is 419 g/mol. The van der Waals surface area contributed by atoms with Crippen molar-refractivity contribution in [3.8, 4) is 11.5 Å². The van der Waals surface area contributed by atoms with Crippen LogP contribution in [-0.2, 0) is 16.1 Å². The molecule has 0 aromatic heterocycles. The van der Waals surface area contributed by atoms with Gasteiger partial charge < -0.3 is 19.7 Å². The van der Waals surface area contributed by atoms with Crippen molar-refractivity contribution in [3.63, 3.8) is 0 Å². The molecule has 2 aromatic carbocycles. The molecule has 1 N–H and O–H groups in total. The standard InChI is InChI=1S/C22H27ClN2O4/c1-15(2)24-22(27)16(3)25(13-17-9-11-18(23)12-10-17)21(26)14-29-20-8-6-5-7-19(20)28-4/h5-12,15-16H,13-14H2,1-4H3,(H,24,27). The van der Waals surface area contributed by atoms with E-state index in [0.717, 1.165) is 5.56 Å². The van der Waals surface area contributed by atoms with Crippen molar-refractivity contribution in [2.45, 2.75) is 39.4 Å². The fraction of sp³-hybridized carbons (Fsp3) is 0.364. The minimum absolute atomic E-state index is 0.0257. The molecule has 0 spiro atoms. The Bertz CT molecular complexity index is 824. The highest BCUT2D eigenvalue weighted by molar-refractivity contribution is 6.30. The highest BCUT2D eigenvalue weighted by Crippen LogP contribution is 2.26. The van der Waals surface area contributed by atoms with Gasteiger partial charge in [-0.15, -0.1) is 0 Å². The number of carbonyl (C=O) groups is 2. The number of benzene rings is 2. The second-order valence-electron chi connectivity index (χ2n) is 6.93. The van der Waals surface area contributed by atoms with E-state index in [1.54, 1.807) is 37.3 Å². The quantitative estimate of drug-likeness (QED) is 0.674. The Morgan fingerprint density at radius 3 is 2.24 bits per heavy atom. The van der Waals surface area contributed by atoms with E-state index in [1.165, 1.54) is 12.0 Å². The third kappa shape index (κ3) is 6.68. The zero-order valence-corrected chi connectivity index (χ0v) is 17.9. The molecule has 156 valence electrons. The topological polar surface area (TPSA) is 67.9 Å². The van der Waals surface area contributed by atoms with Crippen LogP contribution >= 0.6 is 11.6 Å². The normalized spacial score (nSPS) is 11.7. The Morgan fingerprint density at radius 2 is 1.66 bits per heavy atom. The van der Waals surface area contributed by atoms with Crippen molar-refractivity contribution < 1.29 is 19.1 Å². The highest BCUT2D eigenvalue weighted by Gasteiger charge is 2.27. The summed E-state index contributed by atoms with van der Waals surface area (Å²) in [5, 5.41) is 3.46. The Hall–Kier alpha value is -2.73. The number of amides is 2. The summed E-state index contributed by atoms with van der Waals surface area (Å²) in [6.07, 6.45) is 0. The monoisotopic (exact) mass is 418 g/mol. The average Bonchev–Trinajstić information content (AvgIpc) is 2.70. The number of ether oxygens (including phenoxy) is 2. The number of halogens is 1. The number of para-hydroxylation sites is 2. The summed E-state index contributed by atoms with van der Waals surface area (Å²) in [5.74, 6) is 0.473. The molecule has 7 heteroatoms. The van der Waals surface area contributed by atoms with Crippen molar-refractivity contribution in [1.82, 2.24) is 10.2 Å². The number of carbonyl (C=O) groups excluding carboxylic acids is 2. The summed E-state index contributed by atoms with van der Waals surface area (Å²) < 4.78 is 10.9. The minimum atomic E-state index is -0.665. The number of nitrogens with one attached hydrogen (secondary N) is 1. The van der Waals surface area contributed by atoms with Crippen molar-refractivity contribution in [1.29, 1.82) is 0 Å². The van der Waals surface area contributed by atoms with Crippen LogP contribution in [-0.4, -0.2) is 42.5 Å². The molecule has 0 bridgehead atoms. The maximum absolute atomic E-state index is 13.0. The fourth-order valence-corrected chi connectivity index (χ4v) is 2.86. The molecule has 0 radical (unpaired) electrons. The van der Waals surface area contributed by atoms with E-state index < -0.39 is 6.04 Å². The molecule has 0 heterocycles. The molecule has 0 saturated heterocycles. The van der Waals surface area contributed by atoms with Gasteiger partial charge in [0.15, 0.2) is 18.1 Å². The van der Waals surface area contributed by atoms with Crippen LogP contribution < -0.4 is 14.8 Å². The predicted molar refractivity (Wildman–Crippen MR) is 113 cm³/mol. The largest absolute Gasteiger partial charge is 0.493 e. The SMILES string of the molecule is COc1ccccc1OCC(=O)N(Cc1ccc(Cl)cc1)C(C)C(=O)NC(C)C. The first-order valence-electron chi connectivity index (χ1n) is 9.42. The van der Waals surface area contributed by atoms with Gasteiger partial charge >= 0.3 is 0 Å². The molecule has 1 unspecified atom stereocenters. The van der Waals surface area contributed by atoms with Crippen molar-refractivity contribution in [3.05, 3.63) is 59.1 Å². The smallest absolute Gasteiger partial charge is 0.261 e. The van der Waals surface area contributed by atoms with Crippen LogP contribution in [0.1, 0.15) is 26.3 Å². The summed E-state index contributed by atoms with van der Waals surface area (Å²) in [7, 11) is 1.54. The van der Waals surface area contributed by atoms with Gasteiger partial charge in [-0.1, -0.05) is 35.9 Å². The highest BCUT2D eigenvalue weighted by atomic mass is 35.5. The first-order valence-corrected chi connectivity index (χ1v) is 9.79. The lowest BCUT2D eigenvalue weighted by molar-refractivity contribution is -0.142. The van der Waals surface area contributed by atoms with Gasteiger partial charge in [-0.25, -0.2) is 0 Å². The zero-order valence-electron chi connectivity index (χ0n) is 17.1. The Kier molecular flexibility index (Phi) is 8.34. The van der Waals surface area contributed by atoms with Crippen LogP contribution in [0.4, 0.5) is 0 Å². The molecule has 2 rings (SSSR count).